The lowest BCUT2D eigenvalue weighted by atomic mass is 9.99. The Bertz CT molecular complexity index is 1190. The molecule has 0 saturated heterocycles. The normalized spacial score (nSPS) is 13.2. The molecule has 0 atom stereocenters. The summed E-state index contributed by atoms with van der Waals surface area (Å²) in [5, 5.41) is 8.11. The van der Waals surface area contributed by atoms with Crippen molar-refractivity contribution >= 4 is 39.6 Å². The molecule has 4 heterocycles. The van der Waals surface area contributed by atoms with Gasteiger partial charge in [-0.05, 0) is 36.2 Å². The van der Waals surface area contributed by atoms with Gasteiger partial charge in [-0.25, -0.2) is 9.97 Å². The molecule has 0 fully saturated rings. The molecule has 7 nitrogen and oxygen atoms in total. The Hall–Kier alpha value is -3.52. The molecular formula is C20H15N5O2S. The Morgan fingerprint density at radius 3 is 3.00 bits per heavy atom. The van der Waals surface area contributed by atoms with E-state index in [1.165, 1.54) is 11.3 Å². The summed E-state index contributed by atoms with van der Waals surface area (Å²) in [5.74, 6) is -0.247. The van der Waals surface area contributed by atoms with Crippen LogP contribution in [0.25, 0.3) is 16.9 Å². The minimum atomic E-state index is -0.294. The second kappa shape index (κ2) is 6.58. The highest BCUT2D eigenvalue weighted by atomic mass is 32.1. The van der Waals surface area contributed by atoms with Crippen LogP contribution in [0.5, 0.6) is 0 Å². The number of nitrogens with zero attached hydrogens (tertiary/aromatic N) is 3. The number of imidazole rings is 1. The molecule has 2 amide bonds. The number of hydrogen-bond acceptors (Lipinski definition) is 5. The number of carbonyl (C=O) groups excluding carboxylic acids is 2. The Morgan fingerprint density at radius 2 is 2.11 bits per heavy atom. The van der Waals surface area contributed by atoms with E-state index in [2.05, 4.69) is 20.6 Å². The highest BCUT2D eigenvalue weighted by Crippen LogP contribution is 2.30. The van der Waals surface area contributed by atoms with Crippen LogP contribution in [-0.2, 0) is 11.2 Å². The van der Waals surface area contributed by atoms with Crippen molar-refractivity contribution in [1.82, 2.24) is 14.4 Å². The summed E-state index contributed by atoms with van der Waals surface area (Å²) in [6.07, 6.45) is 4.75. The van der Waals surface area contributed by atoms with Crippen LogP contribution >= 0.6 is 11.3 Å². The Labute approximate surface area is 164 Å². The lowest BCUT2D eigenvalue weighted by Crippen LogP contribution is -2.18. The fourth-order valence-corrected chi connectivity index (χ4v) is 3.93. The number of rotatable bonds is 3. The van der Waals surface area contributed by atoms with Crippen LogP contribution in [0.15, 0.2) is 54.2 Å². The Morgan fingerprint density at radius 1 is 1.18 bits per heavy atom. The molecule has 28 heavy (non-hydrogen) atoms. The van der Waals surface area contributed by atoms with Gasteiger partial charge in [-0.15, -0.1) is 11.3 Å². The van der Waals surface area contributed by atoms with E-state index in [4.69, 9.17) is 0 Å². The number of pyridine rings is 1. The van der Waals surface area contributed by atoms with Gasteiger partial charge >= 0.3 is 0 Å². The van der Waals surface area contributed by atoms with E-state index in [1.54, 1.807) is 10.6 Å². The number of nitrogens with one attached hydrogen (secondary N) is 2. The van der Waals surface area contributed by atoms with Crippen molar-refractivity contribution in [1.29, 1.82) is 0 Å². The molecule has 138 valence electrons. The third-order valence-electron chi connectivity index (χ3n) is 4.62. The van der Waals surface area contributed by atoms with Crippen LogP contribution < -0.4 is 10.6 Å². The van der Waals surface area contributed by atoms with E-state index < -0.39 is 0 Å². The first-order valence-electron chi connectivity index (χ1n) is 8.79. The second-order valence-corrected chi connectivity index (χ2v) is 7.36. The van der Waals surface area contributed by atoms with Gasteiger partial charge in [-0.1, -0.05) is 12.1 Å². The lowest BCUT2D eigenvalue weighted by Gasteiger charge is -2.17. The van der Waals surface area contributed by atoms with E-state index in [1.807, 2.05) is 48.0 Å². The molecule has 0 radical (unpaired) electrons. The molecule has 4 aromatic rings. The Balaban J connectivity index is 1.36. The molecule has 1 aromatic carbocycles. The van der Waals surface area contributed by atoms with Crippen LogP contribution in [0, 0.1) is 0 Å². The first kappa shape index (κ1) is 16.6. The predicted molar refractivity (Wildman–Crippen MR) is 108 cm³/mol. The van der Waals surface area contributed by atoms with Crippen molar-refractivity contribution < 1.29 is 9.59 Å². The molecule has 1 aliphatic heterocycles. The van der Waals surface area contributed by atoms with Crippen molar-refractivity contribution in [3.05, 3.63) is 65.4 Å². The van der Waals surface area contributed by atoms with E-state index in [0.717, 1.165) is 28.9 Å². The summed E-state index contributed by atoms with van der Waals surface area (Å²) in [6.45, 7) is 0. The number of hydrogen-bond donors (Lipinski definition) is 2. The van der Waals surface area contributed by atoms with Crippen molar-refractivity contribution in [2.45, 2.75) is 12.8 Å². The quantitative estimate of drug-likeness (QED) is 0.560. The SMILES string of the molecule is O=C1CCc2cc(-c3csc(NC(=O)c4cn5ccccc5n4)n3)ccc2N1. The second-order valence-electron chi connectivity index (χ2n) is 6.50. The molecule has 0 bridgehead atoms. The van der Waals surface area contributed by atoms with Gasteiger partial charge in [0.05, 0.1) is 5.69 Å². The molecule has 8 heteroatoms. The fraction of sp³-hybridized carbons (Fsp3) is 0.100. The summed E-state index contributed by atoms with van der Waals surface area (Å²) in [6, 6.07) is 11.5. The van der Waals surface area contributed by atoms with Gasteiger partial charge in [0.1, 0.15) is 11.3 Å². The molecule has 5 rings (SSSR count). The van der Waals surface area contributed by atoms with Crippen LogP contribution in [0.4, 0.5) is 10.8 Å². The third-order valence-corrected chi connectivity index (χ3v) is 5.38. The minimum absolute atomic E-state index is 0.0471. The molecular weight excluding hydrogens is 374 g/mol. The first-order chi connectivity index (χ1) is 13.7. The fourth-order valence-electron chi connectivity index (χ4n) is 3.21. The molecule has 0 spiro atoms. The van der Waals surface area contributed by atoms with Crippen LogP contribution in [0.3, 0.4) is 0 Å². The number of carbonyl (C=O) groups is 2. The average Bonchev–Trinajstić information content (AvgIpc) is 3.34. The smallest absolute Gasteiger partial charge is 0.277 e. The third kappa shape index (κ3) is 3.03. The zero-order valence-corrected chi connectivity index (χ0v) is 15.5. The number of fused-ring (bicyclic) bond motifs is 2. The van der Waals surface area contributed by atoms with E-state index >= 15 is 0 Å². The number of anilines is 2. The van der Waals surface area contributed by atoms with Crippen molar-refractivity contribution in [3.8, 4) is 11.3 Å². The Kier molecular flexibility index (Phi) is 3.91. The molecule has 2 N–H and O–H groups in total. The van der Waals surface area contributed by atoms with Crippen molar-refractivity contribution in [2.75, 3.05) is 10.6 Å². The van der Waals surface area contributed by atoms with Gasteiger partial charge in [0.25, 0.3) is 5.91 Å². The topological polar surface area (TPSA) is 88.4 Å². The maximum Gasteiger partial charge on any atom is 0.277 e. The van der Waals surface area contributed by atoms with E-state index in [9.17, 15) is 9.59 Å². The first-order valence-corrected chi connectivity index (χ1v) is 9.67. The molecule has 1 aliphatic rings. The lowest BCUT2D eigenvalue weighted by molar-refractivity contribution is -0.116. The zero-order valence-electron chi connectivity index (χ0n) is 14.7. The van der Waals surface area contributed by atoms with Gasteiger partial charge in [-0.2, -0.15) is 0 Å². The number of amides is 2. The van der Waals surface area contributed by atoms with Gasteiger partial charge in [0.15, 0.2) is 5.13 Å². The van der Waals surface area contributed by atoms with E-state index in [-0.39, 0.29) is 11.8 Å². The minimum Gasteiger partial charge on any atom is -0.326 e. The molecule has 3 aromatic heterocycles. The molecule has 0 saturated carbocycles. The van der Waals surface area contributed by atoms with Gasteiger partial charge < -0.3 is 9.72 Å². The summed E-state index contributed by atoms with van der Waals surface area (Å²) in [7, 11) is 0. The predicted octanol–water partition coefficient (Wildman–Crippen LogP) is 3.59. The van der Waals surface area contributed by atoms with Crippen molar-refractivity contribution in [3.63, 3.8) is 0 Å². The van der Waals surface area contributed by atoms with Gasteiger partial charge in [0, 0.05) is 35.4 Å². The highest BCUT2D eigenvalue weighted by molar-refractivity contribution is 7.14. The van der Waals surface area contributed by atoms with Gasteiger partial charge in [-0.3, -0.25) is 14.9 Å². The molecule has 0 aliphatic carbocycles. The summed E-state index contributed by atoms with van der Waals surface area (Å²) >= 11 is 1.36. The monoisotopic (exact) mass is 389 g/mol. The van der Waals surface area contributed by atoms with Gasteiger partial charge in [0.2, 0.25) is 5.91 Å². The zero-order chi connectivity index (χ0) is 19.1. The van der Waals surface area contributed by atoms with E-state index in [0.29, 0.717) is 22.9 Å². The standard InChI is InChI=1S/C20H15N5O2S/c26-18-7-5-12-9-13(4-6-14(12)22-18)16-11-28-20(23-16)24-19(27)15-10-25-8-2-1-3-17(25)21-15/h1-4,6,8-11H,5,7H2,(H,22,26)(H,23,24,27). The number of aryl methyl sites for hydroxylation is 1. The van der Waals surface area contributed by atoms with Crippen molar-refractivity contribution in [2.24, 2.45) is 0 Å². The molecule has 0 unspecified atom stereocenters. The highest BCUT2D eigenvalue weighted by Gasteiger charge is 2.17. The van der Waals surface area contributed by atoms with Crippen LogP contribution in [0.2, 0.25) is 0 Å². The largest absolute Gasteiger partial charge is 0.326 e. The summed E-state index contributed by atoms with van der Waals surface area (Å²) < 4.78 is 1.80. The maximum atomic E-state index is 12.5. The summed E-state index contributed by atoms with van der Waals surface area (Å²) in [4.78, 5) is 32.8. The number of aromatic nitrogens is 3. The number of benzene rings is 1. The van der Waals surface area contributed by atoms with Crippen LogP contribution in [-0.4, -0.2) is 26.2 Å². The number of thiazole rings is 1. The summed E-state index contributed by atoms with van der Waals surface area (Å²) in [5.41, 5.74) is 4.76. The van der Waals surface area contributed by atoms with Crippen LogP contribution in [0.1, 0.15) is 22.5 Å². The maximum absolute atomic E-state index is 12.5. The average molecular weight is 389 g/mol.